The Labute approximate surface area is 120 Å². The molecule has 0 unspecified atom stereocenters. The number of rotatable bonds is 3. The summed E-state index contributed by atoms with van der Waals surface area (Å²) in [4.78, 5) is 4.24. The summed E-state index contributed by atoms with van der Waals surface area (Å²) in [5.74, 6) is 0.904. The zero-order valence-electron chi connectivity index (χ0n) is 10.5. The van der Waals surface area contributed by atoms with Crippen LogP contribution >= 0.6 is 24.0 Å². The van der Waals surface area contributed by atoms with E-state index < -0.39 is 0 Å². The van der Waals surface area contributed by atoms with Crippen LogP contribution in [0.2, 0.25) is 0 Å². The van der Waals surface area contributed by atoms with E-state index in [1.807, 2.05) is 7.05 Å². The maximum Gasteiger partial charge on any atom is 0.191 e. The van der Waals surface area contributed by atoms with Crippen molar-refractivity contribution in [3.63, 3.8) is 0 Å². The molecule has 0 radical (unpaired) electrons. The van der Waals surface area contributed by atoms with E-state index in [9.17, 15) is 0 Å². The second-order valence-electron chi connectivity index (χ2n) is 5.01. The van der Waals surface area contributed by atoms with Crippen LogP contribution < -0.4 is 10.6 Å². The molecular weight excluding hydrogens is 329 g/mol. The molecule has 0 atom stereocenters. The van der Waals surface area contributed by atoms with Crippen LogP contribution in [-0.4, -0.2) is 38.8 Å². The Balaban J connectivity index is 0.00000144. The molecule has 17 heavy (non-hydrogen) atoms. The first-order chi connectivity index (χ1) is 7.72. The number of halogens is 1. The average molecular weight is 351 g/mol. The van der Waals surface area contributed by atoms with Crippen LogP contribution in [0, 0.1) is 5.41 Å². The third kappa shape index (κ3) is 4.13. The van der Waals surface area contributed by atoms with Gasteiger partial charge in [0.15, 0.2) is 5.96 Å². The molecule has 0 aromatic rings. The van der Waals surface area contributed by atoms with E-state index in [1.54, 1.807) is 0 Å². The maximum atomic E-state index is 5.23. The van der Waals surface area contributed by atoms with Gasteiger partial charge in [-0.2, -0.15) is 0 Å². The molecule has 1 heterocycles. The van der Waals surface area contributed by atoms with E-state index in [0.29, 0.717) is 6.04 Å². The Morgan fingerprint density at radius 2 is 2.06 bits per heavy atom. The molecule has 1 aliphatic carbocycles. The van der Waals surface area contributed by atoms with Crippen LogP contribution in [0.3, 0.4) is 0 Å². The molecule has 0 bridgehead atoms. The minimum absolute atomic E-state index is 0. The zero-order valence-corrected chi connectivity index (χ0v) is 12.9. The van der Waals surface area contributed by atoms with Gasteiger partial charge in [-0.3, -0.25) is 4.99 Å². The topological polar surface area (TPSA) is 45.7 Å². The molecule has 4 nitrogen and oxygen atoms in total. The Kier molecular flexibility index (Phi) is 5.72. The highest BCUT2D eigenvalue weighted by atomic mass is 127. The Bertz CT molecular complexity index is 292. The minimum atomic E-state index is 0. The van der Waals surface area contributed by atoms with Crippen LogP contribution in [0.5, 0.6) is 0 Å². The van der Waals surface area contributed by atoms with Crippen molar-refractivity contribution in [2.75, 3.05) is 26.8 Å². The van der Waals surface area contributed by atoms with E-state index in [0.717, 1.165) is 38.6 Å². The fourth-order valence-electron chi connectivity index (χ4n) is 1.97. The lowest BCUT2D eigenvalue weighted by Gasteiger charge is -2.38. The summed E-state index contributed by atoms with van der Waals surface area (Å²) in [7, 11) is 1.82. The summed E-state index contributed by atoms with van der Waals surface area (Å²) < 4.78 is 5.23. The Hall–Kier alpha value is -0.300. The lowest BCUT2D eigenvalue weighted by Crippen LogP contribution is -2.52. The maximum absolute atomic E-state index is 5.23. The van der Waals surface area contributed by atoms with Crippen LogP contribution in [-0.2, 0) is 4.74 Å². The van der Waals surface area contributed by atoms with Gasteiger partial charge in [-0.15, -0.1) is 24.0 Å². The number of ether oxygens (including phenoxy) is 1. The van der Waals surface area contributed by atoms with E-state index in [2.05, 4.69) is 34.7 Å². The molecule has 0 aromatic heterocycles. The molecule has 2 N–H and O–H groups in total. The molecule has 1 fully saturated rings. The van der Waals surface area contributed by atoms with E-state index in [-0.39, 0.29) is 29.4 Å². The van der Waals surface area contributed by atoms with E-state index >= 15 is 0 Å². The summed E-state index contributed by atoms with van der Waals surface area (Å²) in [6.45, 7) is 4.85. The fourth-order valence-corrected chi connectivity index (χ4v) is 1.97. The summed E-state index contributed by atoms with van der Waals surface area (Å²) in [5, 5.41) is 6.79. The van der Waals surface area contributed by atoms with Crippen LogP contribution in [0.25, 0.3) is 0 Å². The number of hydrogen-bond donors (Lipinski definition) is 2. The van der Waals surface area contributed by atoms with Crippen molar-refractivity contribution in [3.05, 3.63) is 12.2 Å². The third-order valence-electron chi connectivity index (χ3n) is 3.16. The third-order valence-corrected chi connectivity index (χ3v) is 3.16. The Morgan fingerprint density at radius 3 is 2.53 bits per heavy atom. The molecule has 98 valence electrons. The van der Waals surface area contributed by atoms with Crippen molar-refractivity contribution in [2.45, 2.75) is 25.8 Å². The minimum Gasteiger partial charge on any atom is -0.380 e. The summed E-state index contributed by atoms with van der Waals surface area (Å²) in [6, 6.07) is 0.511. The van der Waals surface area contributed by atoms with Gasteiger partial charge in [0.2, 0.25) is 0 Å². The number of guanidine groups is 1. The van der Waals surface area contributed by atoms with Crippen molar-refractivity contribution in [1.82, 2.24) is 10.6 Å². The first-order valence-electron chi connectivity index (χ1n) is 5.92. The van der Waals surface area contributed by atoms with Crippen molar-refractivity contribution < 1.29 is 4.74 Å². The quantitative estimate of drug-likeness (QED) is 0.351. The largest absolute Gasteiger partial charge is 0.380 e. The molecule has 2 aliphatic rings. The van der Waals surface area contributed by atoms with E-state index in [4.69, 9.17) is 4.74 Å². The normalized spacial score (nSPS) is 22.8. The highest BCUT2D eigenvalue weighted by molar-refractivity contribution is 14.0. The molecule has 5 heteroatoms. The van der Waals surface area contributed by atoms with Gasteiger partial charge in [-0.1, -0.05) is 19.1 Å². The van der Waals surface area contributed by atoms with Gasteiger partial charge in [0.1, 0.15) is 0 Å². The highest BCUT2D eigenvalue weighted by Crippen LogP contribution is 2.24. The van der Waals surface area contributed by atoms with Crippen LogP contribution in [0.4, 0.5) is 0 Å². The molecular formula is C12H22IN3O. The second kappa shape index (κ2) is 6.58. The van der Waals surface area contributed by atoms with Crippen molar-refractivity contribution >= 4 is 29.9 Å². The van der Waals surface area contributed by atoms with Crippen molar-refractivity contribution in [1.29, 1.82) is 0 Å². The number of nitrogens with zero attached hydrogens (tertiary/aromatic N) is 1. The molecule has 0 spiro atoms. The predicted octanol–water partition coefficient (Wildman–Crippen LogP) is 1.52. The van der Waals surface area contributed by atoms with Gasteiger partial charge in [0, 0.05) is 25.0 Å². The van der Waals surface area contributed by atoms with Gasteiger partial charge >= 0.3 is 0 Å². The molecule has 2 rings (SSSR count). The second-order valence-corrected chi connectivity index (χ2v) is 5.01. The summed E-state index contributed by atoms with van der Waals surface area (Å²) in [6.07, 6.45) is 6.63. The van der Waals surface area contributed by atoms with Gasteiger partial charge in [0.05, 0.1) is 13.2 Å². The predicted molar refractivity (Wildman–Crippen MR) is 81.0 cm³/mol. The summed E-state index contributed by atoms with van der Waals surface area (Å²) >= 11 is 0. The van der Waals surface area contributed by atoms with E-state index in [1.165, 1.54) is 0 Å². The van der Waals surface area contributed by atoms with Crippen molar-refractivity contribution in [2.24, 2.45) is 10.4 Å². The molecule has 0 aromatic carbocycles. The van der Waals surface area contributed by atoms with Gasteiger partial charge in [0.25, 0.3) is 0 Å². The smallest absolute Gasteiger partial charge is 0.191 e. The number of hydrogen-bond acceptors (Lipinski definition) is 2. The average Bonchev–Trinajstić information content (AvgIpc) is 2.74. The fraction of sp³-hybridized carbons (Fsp3) is 0.750. The van der Waals surface area contributed by atoms with Gasteiger partial charge < -0.3 is 15.4 Å². The van der Waals surface area contributed by atoms with Gasteiger partial charge in [-0.25, -0.2) is 0 Å². The summed E-state index contributed by atoms with van der Waals surface area (Å²) in [5.41, 5.74) is 0.283. The van der Waals surface area contributed by atoms with Gasteiger partial charge in [-0.05, 0) is 12.8 Å². The first-order valence-corrected chi connectivity index (χ1v) is 5.92. The number of nitrogens with one attached hydrogen (secondary N) is 2. The standard InChI is InChI=1S/C12H21N3O.HI/c1-12(8-16-9-12)7-14-11(13-2)15-10-5-3-4-6-10;/h3-4,10H,5-9H2,1-2H3,(H2,13,14,15);1H. The lowest BCUT2D eigenvalue weighted by atomic mass is 9.89. The van der Waals surface area contributed by atoms with Crippen molar-refractivity contribution in [3.8, 4) is 0 Å². The zero-order chi connectivity index (χ0) is 11.4. The monoisotopic (exact) mass is 351 g/mol. The number of aliphatic imine (C=N–C) groups is 1. The van der Waals surface area contributed by atoms with Crippen LogP contribution in [0.1, 0.15) is 19.8 Å². The molecule has 1 saturated heterocycles. The molecule has 0 saturated carbocycles. The highest BCUT2D eigenvalue weighted by Gasteiger charge is 2.33. The van der Waals surface area contributed by atoms with Crippen LogP contribution in [0.15, 0.2) is 17.1 Å². The molecule has 0 amide bonds. The first kappa shape index (κ1) is 14.8. The lowest BCUT2D eigenvalue weighted by molar-refractivity contribution is -0.0971. The SMILES string of the molecule is CN=C(NCC1(C)COC1)NC1CC=CC1.I. The Morgan fingerprint density at radius 1 is 1.41 bits per heavy atom. The molecule has 1 aliphatic heterocycles.